The number of benzene rings is 2. The van der Waals surface area contributed by atoms with Crippen LogP contribution in [-0.2, 0) is 9.53 Å². The van der Waals surface area contributed by atoms with Gasteiger partial charge in [0.2, 0.25) is 0 Å². The van der Waals surface area contributed by atoms with Crippen LogP contribution in [0.5, 0.6) is 5.75 Å². The van der Waals surface area contributed by atoms with Crippen LogP contribution in [0.4, 0.5) is 18.9 Å². The first-order valence-electron chi connectivity index (χ1n) is 7.54. The fourth-order valence-electron chi connectivity index (χ4n) is 2.15. The molecule has 0 fully saturated rings. The summed E-state index contributed by atoms with van der Waals surface area (Å²) in [5.74, 6) is -1.82. The quantitative estimate of drug-likeness (QED) is 0.812. The van der Waals surface area contributed by atoms with Crippen molar-refractivity contribution < 1.29 is 32.2 Å². The van der Waals surface area contributed by atoms with Crippen LogP contribution in [0.15, 0.2) is 42.5 Å². The third-order valence-corrected chi connectivity index (χ3v) is 3.31. The fourth-order valence-corrected chi connectivity index (χ4v) is 2.15. The minimum atomic E-state index is -4.81. The summed E-state index contributed by atoms with van der Waals surface area (Å²) in [5.41, 5.74) is 2.51. The molecule has 0 radical (unpaired) electrons. The summed E-state index contributed by atoms with van der Waals surface area (Å²) in [6.07, 6.45) is -4.81. The molecule has 0 aliphatic rings. The monoisotopic (exact) mass is 367 g/mol. The van der Waals surface area contributed by atoms with Crippen molar-refractivity contribution in [2.45, 2.75) is 20.2 Å². The molecular formula is C18H16F3NO4. The molecule has 2 aromatic rings. The predicted octanol–water partition coefficient (Wildman–Crippen LogP) is 4.00. The topological polar surface area (TPSA) is 64.6 Å². The number of halogens is 3. The van der Waals surface area contributed by atoms with Gasteiger partial charge < -0.3 is 14.8 Å². The first kappa shape index (κ1) is 19.3. The summed E-state index contributed by atoms with van der Waals surface area (Å²) >= 11 is 0. The molecule has 0 aromatic heterocycles. The third-order valence-electron chi connectivity index (χ3n) is 3.31. The highest BCUT2D eigenvalue weighted by Crippen LogP contribution is 2.23. The van der Waals surface area contributed by atoms with Crippen LogP contribution in [0.25, 0.3) is 0 Å². The minimum Gasteiger partial charge on any atom is -0.452 e. The number of amides is 1. The Bertz CT molecular complexity index is 801. The Kier molecular flexibility index (Phi) is 5.86. The number of carbonyl (C=O) groups is 2. The van der Waals surface area contributed by atoms with E-state index in [1.54, 1.807) is 6.07 Å². The molecule has 26 heavy (non-hydrogen) atoms. The van der Waals surface area contributed by atoms with Crippen molar-refractivity contribution in [1.82, 2.24) is 0 Å². The molecule has 0 atom stereocenters. The SMILES string of the molecule is Cc1ccc(NC(=O)COC(=O)c2ccc(OC(F)(F)F)cc2)c(C)c1. The number of hydrogen-bond acceptors (Lipinski definition) is 4. The molecule has 8 heteroatoms. The van der Waals surface area contributed by atoms with Gasteiger partial charge in [-0.25, -0.2) is 4.79 Å². The molecule has 1 amide bonds. The predicted molar refractivity (Wildman–Crippen MR) is 88.0 cm³/mol. The van der Waals surface area contributed by atoms with Gasteiger partial charge in [-0.1, -0.05) is 17.7 Å². The molecular weight excluding hydrogens is 351 g/mol. The molecule has 1 N–H and O–H groups in total. The van der Waals surface area contributed by atoms with Gasteiger partial charge in [-0.3, -0.25) is 4.79 Å². The molecule has 0 aliphatic carbocycles. The Hall–Kier alpha value is -3.03. The van der Waals surface area contributed by atoms with Crippen LogP contribution in [0, 0.1) is 13.8 Å². The van der Waals surface area contributed by atoms with Gasteiger partial charge in [-0.2, -0.15) is 0 Å². The molecule has 0 aliphatic heterocycles. The van der Waals surface area contributed by atoms with Gasteiger partial charge >= 0.3 is 12.3 Å². The van der Waals surface area contributed by atoms with Crippen LogP contribution >= 0.6 is 0 Å². The maximum absolute atomic E-state index is 12.1. The summed E-state index contributed by atoms with van der Waals surface area (Å²) in [7, 11) is 0. The van der Waals surface area contributed by atoms with Crippen molar-refractivity contribution in [2.75, 3.05) is 11.9 Å². The lowest BCUT2D eigenvalue weighted by atomic mass is 10.1. The first-order chi connectivity index (χ1) is 12.1. The van der Waals surface area contributed by atoms with Crippen LogP contribution in [0.1, 0.15) is 21.5 Å². The molecule has 0 saturated carbocycles. The van der Waals surface area contributed by atoms with Gasteiger partial charge in [0.15, 0.2) is 6.61 Å². The first-order valence-corrected chi connectivity index (χ1v) is 7.54. The number of nitrogens with one attached hydrogen (secondary N) is 1. The maximum atomic E-state index is 12.1. The van der Waals surface area contributed by atoms with Crippen LogP contribution in [0.2, 0.25) is 0 Å². The summed E-state index contributed by atoms with van der Waals surface area (Å²) in [4.78, 5) is 23.7. The zero-order chi connectivity index (χ0) is 19.3. The molecule has 2 rings (SSSR count). The van der Waals surface area contributed by atoms with Crippen molar-refractivity contribution in [1.29, 1.82) is 0 Å². The fraction of sp³-hybridized carbons (Fsp3) is 0.222. The Labute approximate surface area is 147 Å². The van der Waals surface area contributed by atoms with E-state index in [9.17, 15) is 22.8 Å². The van der Waals surface area contributed by atoms with Crippen molar-refractivity contribution in [2.24, 2.45) is 0 Å². The van der Waals surface area contributed by atoms with Gasteiger partial charge in [0.05, 0.1) is 5.56 Å². The second-order valence-electron chi connectivity index (χ2n) is 5.51. The van der Waals surface area contributed by atoms with E-state index in [4.69, 9.17) is 4.74 Å². The van der Waals surface area contributed by atoms with Crippen molar-refractivity contribution in [3.8, 4) is 5.75 Å². The standard InChI is InChI=1S/C18H16F3NO4/c1-11-3-8-15(12(2)9-11)22-16(23)10-25-17(24)13-4-6-14(7-5-13)26-18(19,20)21/h3-9H,10H2,1-2H3,(H,22,23). The summed E-state index contributed by atoms with van der Waals surface area (Å²) in [5, 5.41) is 2.62. The minimum absolute atomic E-state index is 0.00107. The van der Waals surface area contributed by atoms with Gasteiger partial charge in [-0.15, -0.1) is 13.2 Å². The number of anilines is 1. The van der Waals surface area contributed by atoms with E-state index in [0.29, 0.717) is 5.69 Å². The molecule has 0 saturated heterocycles. The van der Waals surface area contributed by atoms with Gasteiger partial charge in [0, 0.05) is 5.69 Å². The zero-order valence-corrected chi connectivity index (χ0v) is 14.0. The van der Waals surface area contributed by atoms with E-state index >= 15 is 0 Å². The van der Waals surface area contributed by atoms with Crippen molar-refractivity contribution in [3.05, 3.63) is 59.2 Å². The molecule has 5 nitrogen and oxygen atoms in total. The Morgan fingerprint density at radius 3 is 2.27 bits per heavy atom. The number of esters is 1. The molecule has 138 valence electrons. The van der Waals surface area contributed by atoms with Gasteiger partial charge in [-0.05, 0) is 49.7 Å². The van der Waals surface area contributed by atoms with E-state index in [0.717, 1.165) is 35.4 Å². The van der Waals surface area contributed by atoms with E-state index in [1.807, 2.05) is 26.0 Å². The lowest BCUT2D eigenvalue weighted by Crippen LogP contribution is -2.21. The smallest absolute Gasteiger partial charge is 0.452 e. The highest BCUT2D eigenvalue weighted by atomic mass is 19.4. The lowest BCUT2D eigenvalue weighted by molar-refractivity contribution is -0.274. The number of hydrogen-bond donors (Lipinski definition) is 1. The number of rotatable bonds is 5. The molecule has 2 aromatic carbocycles. The Balaban J connectivity index is 1.88. The summed E-state index contributed by atoms with van der Waals surface area (Å²) < 4.78 is 44.8. The molecule has 0 heterocycles. The lowest BCUT2D eigenvalue weighted by Gasteiger charge is -2.10. The normalized spacial score (nSPS) is 11.0. The number of ether oxygens (including phenoxy) is 2. The average molecular weight is 367 g/mol. The largest absolute Gasteiger partial charge is 0.573 e. The average Bonchev–Trinajstić information content (AvgIpc) is 2.54. The highest BCUT2D eigenvalue weighted by Gasteiger charge is 2.31. The van der Waals surface area contributed by atoms with Crippen LogP contribution < -0.4 is 10.1 Å². The van der Waals surface area contributed by atoms with Crippen LogP contribution in [-0.4, -0.2) is 24.8 Å². The Morgan fingerprint density at radius 2 is 1.69 bits per heavy atom. The van der Waals surface area contributed by atoms with Crippen molar-refractivity contribution >= 4 is 17.6 Å². The van der Waals surface area contributed by atoms with Crippen molar-refractivity contribution in [3.63, 3.8) is 0 Å². The molecule has 0 unspecified atom stereocenters. The van der Waals surface area contributed by atoms with E-state index in [1.165, 1.54) is 0 Å². The number of alkyl halides is 3. The van der Waals surface area contributed by atoms with Gasteiger partial charge in [0.25, 0.3) is 5.91 Å². The van der Waals surface area contributed by atoms with Crippen LogP contribution in [0.3, 0.4) is 0 Å². The second kappa shape index (κ2) is 7.90. The number of aryl methyl sites for hydroxylation is 2. The maximum Gasteiger partial charge on any atom is 0.573 e. The molecule has 0 spiro atoms. The zero-order valence-electron chi connectivity index (χ0n) is 14.0. The van der Waals surface area contributed by atoms with Gasteiger partial charge in [0.1, 0.15) is 5.75 Å². The number of carbonyl (C=O) groups excluding carboxylic acids is 2. The Morgan fingerprint density at radius 1 is 1.04 bits per heavy atom. The summed E-state index contributed by atoms with van der Waals surface area (Å²) in [6.45, 7) is 3.23. The third kappa shape index (κ3) is 5.80. The van der Waals surface area contributed by atoms with E-state index in [-0.39, 0.29) is 5.56 Å². The highest BCUT2D eigenvalue weighted by molar-refractivity contribution is 5.95. The second-order valence-corrected chi connectivity index (χ2v) is 5.51. The van der Waals surface area contributed by atoms with E-state index < -0.39 is 30.6 Å². The van der Waals surface area contributed by atoms with E-state index in [2.05, 4.69) is 10.1 Å². The summed E-state index contributed by atoms with van der Waals surface area (Å²) in [6, 6.07) is 9.67. The molecule has 0 bridgehead atoms.